The highest BCUT2D eigenvalue weighted by atomic mass is 16.1. The number of carbonyl (C=O) groups excluding carboxylic acids is 1. The van der Waals surface area contributed by atoms with Crippen molar-refractivity contribution in [1.29, 1.82) is 0 Å². The molecule has 0 saturated carbocycles. The summed E-state index contributed by atoms with van der Waals surface area (Å²) < 4.78 is 0. The van der Waals surface area contributed by atoms with Gasteiger partial charge in [-0.15, -0.1) is 0 Å². The molecule has 2 heteroatoms. The van der Waals surface area contributed by atoms with Gasteiger partial charge >= 0.3 is 0 Å². The lowest BCUT2D eigenvalue weighted by molar-refractivity contribution is -0.133. The zero-order valence-corrected chi connectivity index (χ0v) is 8.62. The van der Waals surface area contributed by atoms with E-state index in [4.69, 9.17) is 0 Å². The zero-order valence-electron chi connectivity index (χ0n) is 8.62. The average Bonchev–Trinajstić information content (AvgIpc) is 2.05. The van der Waals surface area contributed by atoms with Crippen LogP contribution >= 0.6 is 0 Å². The van der Waals surface area contributed by atoms with Crippen LogP contribution in [-0.2, 0) is 4.79 Å². The third-order valence-electron chi connectivity index (χ3n) is 3.40. The van der Waals surface area contributed by atoms with E-state index in [0.29, 0.717) is 17.7 Å². The molecule has 3 rings (SSSR count). The van der Waals surface area contributed by atoms with Gasteiger partial charge in [0.15, 0.2) is 0 Å². The van der Waals surface area contributed by atoms with Gasteiger partial charge in [-0.3, -0.25) is 9.69 Å². The third kappa shape index (κ3) is 1.78. The Kier molecular flexibility index (Phi) is 2.41. The maximum absolute atomic E-state index is 11.4. The van der Waals surface area contributed by atoms with Crippen molar-refractivity contribution in [3.05, 3.63) is 0 Å². The van der Waals surface area contributed by atoms with Crippen LogP contribution < -0.4 is 0 Å². The first-order valence-electron chi connectivity index (χ1n) is 5.43. The Hall–Kier alpha value is -0.370. The van der Waals surface area contributed by atoms with E-state index < -0.39 is 0 Å². The molecule has 3 saturated heterocycles. The van der Waals surface area contributed by atoms with Crippen molar-refractivity contribution in [1.82, 2.24) is 4.90 Å². The summed E-state index contributed by atoms with van der Waals surface area (Å²) in [6.07, 6.45) is 3.52. The number of Topliss-reactive ketones (excluding diaryl/α,β-unsaturated/α-hetero) is 1. The number of nitrogens with zero attached hydrogens (tertiary/aromatic N) is 1. The molecule has 3 aliphatic heterocycles. The van der Waals surface area contributed by atoms with Crippen molar-refractivity contribution < 1.29 is 4.79 Å². The van der Waals surface area contributed by atoms with Crippen molar-refractivity contribution in [3.63, 3.8) is 0 Å². The van der Waals surface area contributed by atoms with Crippen LogP contribution in [-0.4, -0.2) is 29.8 Å². The molecule has 0 radical (unpaired) electrons. The summed E-state index contributed by atoms with van der Waals surface area (Å²) >= 11 is 0. The second kappa shape index (κ2) is 3.41. The molecule has 0 aliphatic carbocycles. The zero-order chi connectivity index (χ0) is 9.42. The van der Waals surface area contributed by atoms with E-state index in [0.717, 1.165) is 31.8 Å². The van der Waals surface area contributed by atoms with Crippen molar-refractivity contribution in [2.24, 2.45) is 11.8 Å². The van der Waals surface area contributed by atoms with Crippen LogP contribution in [0.3, 0.4) is 0 Å². The molecule has 3 unspecified atom stereocenters. The van der Waals surface area contributed by atoms with Gasteiger partial charge in [0.1, 0.15) is 5.78 Å². The molecule has 0 aromatic carbocycles. The molecule has 3 atom stereocenters. The number of hydrogen-bond donors (Lipinski definition) is 0. The lowest BCUT2D eigenvalue weighted by atomic mass is 9.80. The first-order chi connectivity index (χ1) is 6.16. The fourth-order valence-electron chi connectivity index (χ4n) is 2.72. The second-order valence-electron chi connectivity index (χ2n) is 4.94. The van der Waals surface area contributed by atoms with Gasteiger partial charge in [-0.05, 0) is 31.7 Å². The molecule has 3 aliphatic rings. The maximum Gasteiger partial charge on any atom is 0.150 e. The van der Waals surface area contributed by atoms with Crippen LogP contribution in [0.2, 0.25) is 0 Å². The summed E-state index contributed by atoms with van der Waals surface area (Å²) in [4.78, 5) is 13.8. The molecule has 3 fully saturated rings. The summed E-state index contributed by atoms with van der Waals surface area (Å²) in [6, 6.07) is 0.705. The molecule has 0 spiro atoms. The predicted molar refractivity (Wildman–Crippen MR) is 52.5 cm³/mol. The fraction of sp³-hybridized carbons (Fsp3) is 0.909. The Labute approximate surface area is 80.3 Å². The number of piperidine rings is 3. The van der Waals surface area contributed by atoms with Crippen LogP contribution in [0.4, 0.5) is 0 Å². The van der Waals surface area contributed by atoms with Gasteiger partial charge in [-0.25, -0.2) is 0 Å². The van der Waals surface area contributed by atoms with Gasteiger partial charge in [-0.1, -0.05) is 13.8 Å². The first kappa shape index (κ1) is 9.20. The molecular weight excluding hydrogens is 162 g/mol. The van der Waals surface area contributed by atoms with Crippen LogP contribution in [0.25, 0.3) is 0 Å². The van der Waals surface area contributed by atoms with Gasteiger partial charge in [-0.2, -0.15) is 0 Å². The minimum Gasteiger partial charge on any atom is -0.298 e. The largest absolute Gasteiger partial charge is 0.298 e. The van der Waals surface area contributed by atoms with E-state index in [1.165, 1.54) is 6.42 Å². The summed E-state index contributed by atoms with van der Waals surface area (Å²) in [5.74, 6) is 1.67. The van der Waals surface area contributed by atoms with Gasteiger partial charge in [0, 0.05) is 12.0 Å². The van der Waals surface area contributed by atoms with E-state index in [1.54, 1.807) is 0 Å². The molecule has 0 aromatic heterocycles. The number of carbonyl (C=O) groups is 1. The first-order valence-corrected chi connectivity index (χ1v) is 5.43. The highest BCUT2D eigenvalue weighted by Gasteiger charge is 2.38. The summed E-state index contributed by atoms with van der Waals surface area (Å²) in [5, 5.41) is 0. The molecule has 74 valence electrons. The topological polar surface area (TPSA) is 20.3 Å². The SMILES string of the molecule is CC(C)CC1CC2CCN1CC2=O. The van der Waals surface area contributed by atoms with E-state index in [2.05, 4.69) is 18.7 Å². The van der Waals surface area contributed by atoms with Gasteiger partial charge < -0.3 is 0 Å². The monoisotopic (exact) mass is 181 g/mol. The summed E-state index contributed by atoms with van der Waals surface area (Å²) in [5.41, 5.74) is 0. The lowest BCUT2D eigenvalue weighted by Crippen LogP contribution is -2.54. The minimum absolute atomic E-state index is 0.411. The maximum atomic E-state index is 11.4. The number of rotatable bonds is 2. The second-order valence-corrected chi connectivity index (χ2v) is 4.94. The molecule has 0 N–H and O–H groups in total. The van der Waals surface area contributed by atoms with E-state index in [1.807, 2.05) is 0 Å². The summed E-state index contributed by atoms with van der Waals surface area (Å²) in [7, 11) is 0. The van der Waals surface area contributed by atoms with Crippen molar-refractivity contribution in [2.75, 3.05) is 13.1 Å². The lowest BCUT2D eigenvalue weighted by Gasteiger charge is -2.45. The van der Waals surface area contributed by atoms with Crippen molar-refractivity contribution >= 4 is 5.78 Å². The van der Waals surface area contributed by atoms with Gasteiger partial charge in [0.2, 0.25) is 0 Å². The highest BCUT2D eigenvalue weighted by Crippen LogP contribution is 2.32. The average molecular weight is 181 g/mol. The Morgan fingerprint density at radius 1 is 1.54 bits per heavy atom. The molecule has 13 heavy (non-hydrogen) atoms. The number of ketones is 1. The van der Waals surface area contributed by atoms with Crippen LogP contribution in [0.1, 0.15) is 33.1 Å². The van der Waals surface area contributed by atoms with E-state index >= 15 is 0 Å². The quantitative estimate of drug-likeness (QED) is 0.646. The number of hydrogen-bond acceptors (Lipinski definition) is 2. The number of fused-ring (bicyclic) bond motifs is 3. The Bertz CT molecular complexity index is 212. The van der Waals surface area contributed by atoms with E-state index in [9.17, 15) is 4.79 Å². The molecule has 3 heterocycles. The van der Waals surface area contributed by atoms with Crippen LogP contribution in [0.5, 0.6) is 0 Å². The molecular formula is C11H19NO. The summed E-state index contributed by atoms with van der Waals surface area (Å²) in [6.45, 7) is 6.44. The van der Waals surface area contributed by atoms with Crippen LogP contribution in [0, 0.1) is 11.8 Å². The van der Waals surface area contributed by atoms with Crippen molar-refractivity contribution in [2.45, 2.75) is 39.2 Å². The Morgan fingerprint density at radius 3 is 2.77 bits per heavy atom. The normalized spacial score (nSPS) is 38.7. The smallest absolute Gasteiger partial charge is 0.150 e. The Morgan fingerprint density at radius 2 is 2.31 bits per heavy atom. The van der Waals surface area contributed by atoms with Crippen LogP contribution in [0.15, 0.2) is 0 Å². The fourth-order valence-corrected chi connectivity index (χ4v) is 2.72. The standard InChI is InChI=1S/C11H19NO/c1-8(2)5-10-6-9-3-4-12(10)7-11(9)13/h8-10H,3-7H2,1-2H3. The van der Waals surface area contributed by atoms with Gasteiger partial charge in [0.05, 0.1) is 6.54 Å². The minimum atomic E-state index is 0.411. The van der Waals surface area contributed by atoms with E-state index in [-0.39, 0.29) is 0 Å². The highest BCUT2D eigenvalue weighted by molar-refractivity contribution is 5.84. The molecule has 0 amide bonds. The Balaban J connectivity index is 1.98. The molecule has 2 bridgehead atoms. The van der Waals surface area contributed by atoms with Gasteiger partial charge in [0.25, 0.3) is 0 Å². The molecule has 2 nitrogen and oxygen atoms in total. The predicted octanol–water partition coefficient (Wildman–Crippen LogP) is 1.70. The molecule has 0 aromatic rings. The third-order valence-corrected chi connectivity index (χ3v) is 3.40. The van der Waals surface area contributed by atoms with Crippen molar-refractivity contribution in [3.8, 4) is 0 Å².